The van der Waals surface area contributed by atoms with Crippen LogP contribution >= 0.6 is 11.6 Å². The summed E-state index contributed by atoms with van der Waals surface area (Å²) in [7, 11) is 0. The van der Waals surface area contributed by atoms with E-state index in [-0.39, 0.29) is 18.3 Å². The average molecular weight is 223 g/mol. The number of nitrogens with zero attached hydrogens (tertiary/aromatic N) is 1. The highest BCUT2D eigenvalue weighted by Gasteiger charge is 2.15. The van der Waals surface area contributed by atoms with E-state index < -0.39 is 12.1 Å². The summed E-state index contributed by atoms with van der Waals surface area (Å²) in [4.78, 5) is 3.45. The lowest BCUT2D eigenvalue weighted by atomic mass is 10.1. The van der Waals surface area contributed by atoms with E-state index in [9.17, 15) is 8.78 Å². The maximum Gasteiger partial charge on any atom is 0.280 e. The molecule has 0 spiro atoms. The molecule has 0 unspecified atom stereocenters. The fraction of sp³-hybridized carbons (Fsp3) is 0.375. The van der Waals surface area contributed by atoms with Crippen molar-refractivity contribution in [3.05, 3.63) is 28.0 Å². The first-order valence-corrected chi connectivity index (χ1v) is 4.25. The van der Waals surface area contributed by atoms with Crippen molar-refractivity contribution in [3.8, 4) is 0 Å². The van der Waals surface area contributed by atoms with E-state index >= 15 is 0 Å². The van der Waals surface area contributed by atoms with Crippen molar-refractivity contribution in [2.24, 2.45) is 5.73 Å². The molecule has 1 rings (SSSR count). The molecule has 1 aromatic rings. The highest BCUT2D eigenvalue weighted by molar-refractivity contribution is 6.30. The lowest BCUT2D eigenvalue weighted by Gasteiger charge is -2.09. The maximum absolute atomic E-state index is 12.3. The molecule has 1 heterocycles. The fourth-order valence-corrected chi connectivity index (χ4v) is 1.35. The number of halogens is 3. The Morgan fingerprint density at radius 1 is 1.57 bits per heavy atom. The van der Waals surface area contributed by atoms with Crippen LogP contribution in [0.5, 0.6) is 0 Å². The van der Waals surface area contributed by atoms with Gasteiger partial charge in [0, 0.05) is 12.1 Å². The monoisotopic (exact) mass is 222 g/mol. The molecule has 0 saturated heterocycles. The molecule has 0 fully saturated rings. The summed E-state index contributed by atoms with van der Waals surface area (Å²) < 4.78 is 24.5. The van der Waals surface area contributed by atoms with Crippen LogP contribution in [0, 0.1) is 0 Å². The van der Waals surface area contributed by atoms with E-state index in [1.165, 1.54) is 0 Å². The molecule has 0 aliphatic carbocycles. The first-order chi connectivity index (χ1) is 6.60. The summed E-state index contributed by atoms with van der Waals surface area (Å²) in [6.45, 7) is -0.320. The number of aliphatic hydroxyl groups is 1. The highest BCUT2D eigenvalue weighted by Crippen LogP contribution is 2.24. The van der Waals surface area contributed by atoms with Crippen LogP contribution in [0.25, 0.3) is 0 Å². The third-order valence-corrected chi connectivity index (χ3v) is 2.10. The van der Waals surface area contributed by atoms with Crippen molar-refractivity contribution in [1.29, 1.82) is 0 Å². The van der Waals surface area contributed by atoms with Crippen LogP contribution in [0.15, 0.2) is 6.07 Å². The summed E-state index contributed by atoms with van der Waals surface area (Å²) >= 11 is 5.60. The zero-order valence-electron chi connectivity index (χ0n) is 7.17. The van der Waals surface area contributed by atoms with Crippen molar-refractivity contribution >= 4 is 11.6 Å². The van der Waals surface area contributed by atoms with Crippen LogP contribution in [0.2, 0.25) is 5.15 Å². The van der Waals surface area contributed by atoms with Crippen LogP contribution in [-0.2, 0) is 13.2 Å². The zero-order valence-corrected chi connectivity index (χ0v) is 7.93. The van der Waals surface area contributed by atoms with E-state index in [4.69, 9.17) is 22.4 Å². The minimum absolute atomic E-state index is 0.0395. The Hall–Kier alpha value is -0.780. The first-order valence-electron chi connectivity index (χ1n) is 3.87. The van der Waals surface area contributed by atoms with E-state index in [2.05, 4.69) is 4.98 Å². The second-order valence-corrected chi connectivity index (χ2v) is 3.00. The normalized spacial score (nSPS) is 11.0. The van der Waals surface area contributed by atoms with Crippen molar-refractivity contribution in [2.45, 2.75) is 19.6 Å². The molecule has 0 aliphatic heterocycles. The molecular weight excluding hydrogens is 214 g/mol. The van der Waals surface area contributed by atoms with Crippen molar-refractivity contribution in [3.63, 3.8) is 0 Å². The number of pyridine rings is 1. The summed E-state index contributed by atoms with van der Waals surface area (Å²) in [6, 6.07) is 1.15. The molecule has 78 valence electrons. The van der Waals surface area contributed by atoms with Crippen molar-refractivity contribution in [2.75, 3.05) is 0 Å². The second-order valence-electron chi connectivity index (χ2n) is 2.64. The number of alkyl halides is 2. The molecule has 0 radical (unpaired) electrons. The van der Waals surface area contributed by atoms with E-state index in [0.717, 1.165) is 6.07 Å². The van der Waals surface area contributed by atoms with Crippen LogP contribution < -0.4 is 5.73 Å². The predicted molar refractivity (Wildman–Crippen MR) is 48.0 cm³/mol. The third kappa shape index (κ3) is 2.17. The van der Waals surface area contributed by atoms with E-state index in [0.29, 0.717) is 11.1 Å². The molecule has 0 aromatic carbocycles. The number of aliphatic hydroxyl groups excluding tert-OH is 1. The van der Waals surface area contributed by atoms with Gasteiger partial charge in [-0.05, 0) is 11.6 Å². The Labute approximate surface area is 84.5 Å². The molecule has 0 amide bonds. The topological polar surface area (TPSA) is 59.1 Å². The summed E-state index contributed by atoms with van der Waals surface area (Å²) in [5.74, 6) is 0. The molecule has 0 aliphatic rings. The smallest absolute Gasteiger partial charge is 0.280 e. The van der Waals surface area contributed by atoms with Gasteiger partial charge in [-0.15, -0.1) is 0 Å². The quantitative estimate of drug-likeness (QED) is 0.765. The van der Waals surface area contributed by atoms with E-state index in [1.54, 1.807) is 0 Å². The molecule has 14 heavy (non-hydrogen) atoms. The first kappa shape index (κ1) is 11.3. The molecule has 0 atom stereocenters. The largest absolute Gasteiger partial charge is 0.392 e. The van der Waals surface area contributed by atoms with Gasteiger partial charge in [0.2, 0.25) is 0 Å². The molecule has 6 heteroatoms. The Morgan fingerprint density at radius 3 is 2.64 bits per heavy atom. The molecule has 1 aromatic heterocycles. The Morgan fingerprint density at radius 2 is 2.21 bits per heavy atom. The Kier molecular flexibility index (Phi) is 3.74. The van der Waals surface area contributed by atoms with Gasteiger partial charge in [0.1, 0.15) is 10.8 Å². The van der Waals surface area contributed by atoms with Crippen LogP contribution in [0.4, 0.5) is 8.78 Å². The van der Waals surface area contributed by atoms with Crippen molar-refractivity contribution in [1.82, 2.24) is 4.98 Å². The van der Waals surface area contributed by atoms with Gasteiger partial charge in [-0.25, -0.2) is 13.8 Å². The van der Waals surface area contributed by atoms with Gasteiger partial charge >= 0.3 is 0 Å². The third-order valence-electron chi connectivity index (χ3n) is 1.79. The number of hydrogen-bond donors (Lipinski definition) is 2. The predicted octanol–water partition coefficient (Wildman–Crippen LogP) is 1.62. The fourth-order valence-electron chi connectivity index (χ4n) is 1.07. The minimum atomic E-state index is -2.69. The number of rotatable bonds is 3. The van der Waals surface area contributed by atoms with Gasteiger partial charge in [-0.1, -0.05) is 11.6 Å². The SMILES string of the molecule is NCc1cc(C(F)F)nc(Cl)c1CO. The maximum atomic E-state index is 12.3. The average Bonchev–Trinajstić information content (AvgIpc) is 2.16. The highest BCUT2D eigenvalue weighted by atomic mass is 35.5. The lowest BCUT2D eigenvalue weighted by molar-refractivity contribution is 0.146. The van der Waals surface area contributed by atoms with Crippen LogP contribution in [0.3, 0.4) is 0 Å². The lowest BCUT2D eigenvalue weighted by Crippen LogP contribution is -2.06. The summed E-state index contributed by atoms with van der Waals surface area (Å²) in [5, 5.41) is 8.77. The molecule has 3 N–H and O–H groups in total. The van der Waals surface area contributed by atoms with Crippen molar-refractivity contribution < 1.29 is 13.9 Å². The minimum Gasteiger partial charge on any atom is -0.392 e. The number of hydrogen-bond acceptors (Lipinski definition) is 3. The number of nitrogens with two attached hydrogens (primary N) is 1. The summed E-state index contributed by atoms with van der Waals surface area (Å²) in [6.07, 6.45) is -2.69. The van der Waals surface area contributed by atoms with Crippen LogP contribution in [-0.4, -0.2) is 10.1 Å². The van der Waals surface area contributed by atoms with Gasteiger partial charge in [0.05, 0.1) is 6.61 Å². The standard InChI is InChI=1S/C8H9ClF2N2O/c9-7-5(3-14)4(2-12)1-6(13-7)8(10)11/h1,8,14H,2-3,12H2. The van der Waals surface area contributed by atoms with Crippen LogP contribution in [0.1, 0.15) is 23.2 Å². The zero-order chi connectivity index (χ0) is 10.7. The van der Waals surface area contributed by atoms with E-state index in [1.807, 2.05) is 0 Å². The molecule has 0 saturated carbocycles. The van der Waals surface area contributed by atoms with Gasteiger partial charge in [0.15, 0.2) is 0 Å². The van der Waals surface area contributed by atoms with Gasteiger partial charge in [-0.2, -0.15) is 0 Å². The Bertz CT molecular complexity index is 333. The molecule has 3 nitrogen and oxygen atoms in total. The summed E-state index contributed by atoms with van der Waals surface area (Å²) in [5.41, 5.74) is 5.59. The molecular formula is C8H9ClF2N2O. The second kappa shape index (κ2) is 4.63. The molecule has 0 bridgehead atoms. The van der Waals surface area contributed by atoms with Gasteiger partial charge in [-0.3, -0.25) is 0 Å². The van der Waals surface area contributed by atoms with Gasteiger partial charge in [0.25, 0.3) is 6.43 Å². The Balaban J connectivity index is 3.24. The number of aromatic nitrogens is 1. The van der Waals surface area contributed by atoms with Gasteiger partial charge < -0.3 is 10.8 Å².